The van der Waals surface area contributed by atoms with Crippen molar-refractivity contribution < 1.29 is 4.79 Å². The first-order chi connectivity index (χ1) is 10.3. The Labute approximate surface area is 124 Å². The number of benzene rings is 2. The van der Waals surface area contributed by atoms with Gasteiger partial charge in [0.15, 0.2) is 0 Å². The molecule has 1 saturated heterocycles. The van der Waals surface area contributed by atoms with E-state index >= 15 is 0 Å². The molecule has 0 N–H and O–H groups in total. The SMILES string of the molecule is O=C1CCN2C(c3ccccc3)C=C(c3ccccc3)N12. The fourth-order valence-corrected chi connectivity index (χ4v) is 3.15. The molecule has 0 spiro atoms. The standard InChI is InChI=1S/C18H16N2O/c21-18-11-12-19-16(14-7-3-1-4-8-14)13-17(20(18)19)15-9-5-2-6-10-15/h1-10,13,16H,11-12H2. The highest BCUT2D eigenvalue weighted by Crippen LogP contribution is 2.41. The second kappa shape index (κ2) is 4.86. The van der Waals surface area contributed by atoms with Crippen LogP contribution >= 0.6 is 0 Å². The van der Waals surface area contributed by atoms with Crippen LogP contribution < -0.4 is 0 Å². The summed E-state index contributed by atoms with van der Waals surface area (Å²) >= 11 is 0. The Hall–Kier alpha value is -2.39. The smallest absolute Gasteiger partial charge is 0.242 e. The van der Waals surface area contributed by atoms with Gasteiger partial charge in [-0.25, -0.2) is 10.0 Å². The van der Waals surface area contributed by atoms with Gasteiger partial charge in [-0.3, -0.25) is 4.79 Å². The lowest BCUT2D eigenvalue weighted by Gasteiger charge is -2.27. The number of amides is 1. The summed E-state index contributed by atoms with van der Waals surface area (Å²) in [5.74, 6) is 0.184. The monoisotopic (exact) mass is 276 g/mol. The number of carbonyl (C=O) groups is 1. The minimum absolute atomic E-state index is 0.146. The zero-order valence-corrected chi connectivity index (χ0v) is 11.6. The van der Waals surface area contributed by atoms with Crippen LogP contribution in [0.1, 0.15) is 23.6 Å². The van der Waals surface area contributed by atoms with Crippen molar-refractivity contribution in [3.05, 3.63) is 77.9 Å². The highest BCUT2D eigenvalue weighted by atomic mass is 16.2. The number of carbonyl (C=O) groups excluding carboxylic acids is 1. The van der Waals surface area contributed by atoms with E-state index in [9.17, 15) is 4.79 Å². The van der Waals surface area contributed by atoms with E-state index in [1.165, 1.54) is 5.56 Å². The molecule has 0 aliphatic carbocycles. The Bertz CT molecular complexity index is 694. The van der Waals surface area contributed by atoms with Crippen molar-refractivity contribution in [2.24, 2.45) is 0 Å². The highest BCUT2D eigenvalue weighted by molar-refractivity contribution is 5.89. The van der Waals surface area contributed by atoms with Gasteiger partial charge in [0.05, 0.1) is 11.7 Å². The largest absolute Gasteiger partial charge is 0.273 e. The van der Waals surface area contributed by atoms with Crippen LogP contribution in [0.3, 0.4) is 0 Å². The molecule has 2 aliphatic rings. The third-order valence-electron chi connectivity index (χ3n) is 4.12. The van der Waals surface area contributed by atoms with Crippen molar-refractivity contribution in [1.29, 1.82) is 0 Å². The van der Waals surface area contributed by atoms with Gasteiger partial charge < -0.3 is 0 Å². The Morgan fingerprint density at radius 2 is 1.57 bits per heavy atom. The Morgan fingerprint density at radius 1 is 0.905 bits per heavy atom. The van der Waals surface area contributed by atoms with Crippen molar-refractivity contribution in [3.8, 4) is 0 Å². The molecule has 2 heterocycles. The summed E-state index contributed by atoms with van der Waals surface area (Å²) in [7, 11) is 0. The summed E-state index contributed by atoms with van der Waals surface area (Å²) in [6, 6.07) is 20.6. The molecule has 21 heavy (non-hydrogen) atoms. The highest BCUT2D eigenvalue weighted by Gasteiger charge is 2.41. The Morgan fingerprint density at radius 3 is 2.29 bits per heavy atom. The molecular weight excluding hydrogens is 260 g/mol. The van der Waals surface area contributed by atoms with Crippen LogP contribution in [-0.2, 0) is 4.79 Å². The van der Waals surface area contributed by atoms with E-state index in [4.69, 9.17) is 0 Å². The van der Waals surface area contributed by atoms with Gasteiger partial charge in [0.1, 0.15) is 0 Å². The van der Waals surface area contributed by atoms with Crippen LogP contribution in [0.5, 0.6) is 0 Å². The molecule has 1 fully saturated rings. The molecule has 4 rings (SSSR count). The maximum atomic E-state index is 12.3. The first kappa shape index (κ1) is 12.4. The van der Waals surface area contributed by atoms with Crippen LogP contribution in [0.25, 0.3) is 5.70 Å². The van der Waals surface area contributed by atoms with E-state index in [2.05, 4.69) is 35.4 Å². The van der Waals surface area contributed by atoms with Crippen LogP contribution in [-0.4, -0.2) is 22.5 Å². The van der Waals surface area contributed by atoms with E-state index < -0.39 is 0 Å². The molecule has 3 heteroatoms. The van der Waals surface area contributed by atoms with Gasteiger partial charge in [0, 0.05) is 13.0 Å². The molecule has 3 nitrogen and oxygen atoms in total. The minimum atomic E-state index is 0.146. The summed E-state index contributed by atoms with van der Waals surface area (Å²) in [5, 5.41) is 4.02. The maximum Gasteiger partial charge on any atom is 0.242 e. The van der Waals surface area contributed by atoms with Crippen LogP contribution in [0.2, 0.25) is 0 Å². The van der Waals surface area contributed by atoms with E-state index in [0.29, 0.717) is 6.42 Å². The summed E-state index contributed by atoms with van der Waals surface area (Å²) < 4.78 is 0. The Balaban J connectivity index is 1.80. The zero-order valence-electron chi connectivity index (χ0n) is 11.6. The Kier molecular flexibility index (Phi) is 2.86. The third-order valence-corrected chi connectivity index (χ3v) is 4.12. The van der Waals surface area contributed by atoms with Crippen molar-refractivity contribution in [3.63, 3.8) is 0 Å². The molecule has 1 atom stereocenters. The molecule has 0 radical (unpaired) electrons. The number of nitrogens with zero attached hydrogens (tertiary/aromatic N) is 2. The fraction of sp³-hybridized carbons (Fsp3) is 0.167. The predicted molar refractivity (Wildman–Crippen MR) is 81.8 cm³/mol. The van der Waals surface area contributed by atoms with Gasteiger partial charge in [-0.1, -0.05) is 60.7 Å². The molecule has 2 aromatic carbocycles. The van der Waals surface area contributed by atoms with E-state index in [0.717, 1.165) is 17.8 Å². The van der Waals surface area contributed by atoms with Crippen molar-refractivity contribution in [2.45, 2.75) is 12.5 Å². The zero-order chi connectivity index (χ0) is 14.2. The quantitative estimate of drug-likeness (QED) is 0.840. The van der Waals surface area contributed by atoms with Gasteiger partial charge in [0.2, 0.25) is 5.91 Å². The van der Waals surface area contributed by atoms with E-state index in [-0.39, 0.29) is 11.9 Å². The molecule has 1 amide bonds. The average molecular weight is 276 g/mol. The van der Waals surface area contributed by atoms with Gasteiger partial charge in [-0.15, -0.1) is 0 Å². The van der Waals surface area contributed by atoms with Gasteiger partial charge in [0.25, 0.3) is 0 Å². The van der Waals surface area contributed by atoms with Crippen molar-refractivity contribution in [1.82, 2.24) is 10.0 Å². The average Bonchev–Trinajstić information content (AvgIpc) is 3.10. The van der Waals surface area contributed by atoms with Gasteiger partial charge in [-0.2, -0.15) is 0 Å². The first-order valence-electron chi connectivity index (χ1n) is 7.26. The molecule has 2 aliphatic heterocycles. The maximum absolute atomic E-state index is 12.3. The number of hydrogen-bond donors (Lipinski definition) is 0. The molecular formula is C18H16N2O. The van der Waals surface area contributed by atoms with Crippen molar-refractivity contribution >= 4 is 11.6 Å². The van der Waals surface area contributed by atoms with Crippen LogP contribution in [0.15, 0.2) is 66.7 Å². The predicted octanol–water partition coefficient (Wildman–Crippen LogP) is 3.23. The number of rotatable bonds is 2. The summed E-state index contributed by atoms with van der Waals surface area (Å²) in [4.78, 5) is 12.3. The summed E-state index contributed by atoms with van der Waals surface area (Å²) in [6.07, 6.45) is 2.79. The normalized spacial score (nSPS) is 21.5. The second-order valence-corrected chi connectivity index (χ2v) is 5.39. The fourth-order valence-electron chi connectivity index (χ4n) is 3.15. The molecule has 0 bridgehead atoms. The van der Waals surface area contributed by atoms with Crippen LogP contribution in [0.4, 0.5) is 0 Å². The lowest BCUT2D eigenvalue weighted by molar-refractivity contribution is -0.131. The van der Waals surface area contributed by atoms with Gasteiger partial charge >= 0.3 is 0 Å². The number of hydrogen-bond acceptors (Lipinski definition) is 2. The molecule has 2 aromatic rings. The molecule has 0 saturated carbocycles. The molecule has 104 valence electrons. The lowest BCUT2D eigenvalue weighted by Crippen LogP contribution is -2.34. The molecule has 0 aromatic heterocycles. The first-order valence-corrected chi connectivity index (χ1v) is 7.26. The summed E-state index contributed by atoms with van der Waals surface area (Å²) in [6.45, 7) is 0.783. The molecule has 1 unspecified atom stereocenters. The second-order valence-electron chi connectivity index (χ2n) is 5.39. The van der Waals surface area contributed by atoms with E-state index in [1.807, 2.05) is 41.4 Å². The third kappa shape index (κ3) is 1.98. The van der Waals surface area contributed by atoms with E-state index in [1.54, 1.807) is 0 Å². The van der Waals surface area contributed by atoms with Gasteiger partial charge in [-0.05, 0) is 17.2 Å². The van der Waals surface area contributed by atoms with Crippen LogP contribution in [0, 0.1) is 0 Å². The summed E-state index contributed by atoms with van der Waals surface area (Å²) in [5.41, 5.74) is 3.33. The lowest BCUT2D eigenvalue weighted by atomic mass is 10.0. The van der Waals surface area contributed by atoms with Crippen molar-refractivity contribution in [2.75, 3.05) is 6.54 Å². The number of fused-ring (bicyclic) bond motifs is 1. The topological polar surface area (TPSA) is 23.6 Å². The minimum Gasteiger partial charge on any atom is -0.273 e. The number of hydrazine groups is 1.